The Labute approximate surface area is 102 Å². The van der Waals surface area contributed by atoms with Crippen LogP contribution in [0.4, 0.5) is 0 Å². The summed E-state index contributed by atoms with van der Waals surface area (Å²) in [5.74, 6) is -1.28. The van der Waals surface area contributed by atoms with E-state index in [-0.39, 0.29) is 11.8 Å². The Morgan fingerprint density at radius 2 is 1.82 bits per heavy atom. The van der Waals surface area contributed by atoms with E-state index >= 15 is 0 Å². The standard InChI is InChI=1S/C12H21NO4/c1-12(2,3)9(11(15)16)13-10(14)8-4-6-17-7-5-8/h8-9H,4-7H2,1-3H3,(H,13,14)(H,15,16). The molecule has 1 unspecified atom stereocenters. The van der Waals surface area contributed by atoms with Crippen molar-refractivity contribution in [2.75, 3.05) is 13.2 Å². The Bertz CT molecular complexity index is 289. The van der Waals surface area contributed by atoms with Crippen LogP contribution in [0, 0.1) is 11.3 Å². The molecule has 1 aliphatic heterocycles. The summed E-state index contributed by atoms with van der Waals surface area (Å²) in [7, 11) is 0. The molecule has 1 fully saturated rings. The van der Waals surface area contributed by atoms with Crippen LogP contribution in [0.3, 0.4) is 0 Å². The van der Waals surface area contributed by atoms with Crippen molar-refractivity contribution in [2.24, 2.45) is 11.3 Å². The second-order valence-electron chi connectivity index (χ2n) is 5.53. The summed E-state index contributed by atoms with van der Waals surface area (Å²) in [5.41, 5.74) is -0.493. The van der Waals surface area contributed by atoms with E-state index in [1.54, 1.807) is 20.8 Å². The van der Waals surface area contributed by atoms with Crippen molar-refractivity contribution in [3.8, 4) is 0 Å². The van der Waals surface area contributed by atoms with Gasteiger partial charge in [0.1, 0.15) is 6.04 Å². The molecule has 0 aromatic rings. The van der Waals surface area contributed by atoms with E-state index in [1.165, 1.54) is 0 Å². The summed E-state index contributed by atoms with van der Waals surface area (Å²) in [5, 5.41) is 11.7. The molecule has 1 heterocycles. The van der Waals surface area contributed by atoms with Gasteiger partial charge in [0.2, 0.25) is 5.91 Å². The van der Waals surface area contributed by atoms with E-state index in [1.807, 2.05) is 0 Å². The molecule has 5 heteroatoms. The fraction of sp³-hybridized carbons (Fsp3) is 0.833. The number of hydrogen-bond donors (Lipinski definition) is 2. The average molecular weight is 243 g/mol. The third kappa shape index (κ3) is 4.00. The van der Waals surface area contributed by atoms with Crippen molar-refractivity contribution < 1.29 is 19.4 Å². The molecule has 0 bridgehead atoms. The fourth-order valence-corrected chi connectivity index (χ4v) is 1.87. The van der Waals surface area contributed by atoms with Gasteiger partial charge in [-0.2, -0.15) is 0 Å². The fourth-order valence-electron chi connectivity index (χ4n) is 1.87. The van der Waals surface area contributed by atoms with Crippen molar-refractivity contribution in [3.05, 3.63) is 0 Å². The normalized spacial score (nSPS) is 19.7. The van der Waals surface area contributed by atoms with Gasteiger partial charge in [-0.3, -0.25) is 4.79 Å². The average Bonchev–Trinajstić information content (AvgIpc) is 2.24. The van der Waals surface area contributed by atoms with E-state index in [0.717, 1.165) is 0 Å². The molecule has 0 aliphatic carbocycles. The Balaban J connectivity index is 2.60. The predicted molar refractivity (Wildman–Crippen MR) is 62.6 cm³/mol. The molecule has 0 aromatic heterocycles. The second kappa shape index (κ2) is 5.49. The number of rotatable bonds is 3. The molecule has 1 atom stereocenters. The number of aliphatic carboxylic acids is 1. The van der Waals surface area contributed by atoms with Crippen LogP contribution in [0.1, 0.15) is 33.6 Å². The van der Waals surface area contributed by atoms with Gasteiger partial charge in [0.05, 0.1) is 0 Å². The molecule has 0 saturated carbocycles. The summed E-state index contributed by atoms with van der Waals surface area (Å²) < 4.78 is 5.17. The lowest BCUT2D eigenvalue weighted by atomic mass is 9.86. The Kier molecular flexibility index (Phi) is 4.51. The van der Waals surface area contributed by atoms with Gasteiger partial charge in [0.25, 0.3) is 0 Å². The van der Waals surface area contributed by atoms with Crippen LogP contribution >= 0.6 is 0 Å². The minimum absolute atomic E-state index is 0.118. The molecule has 0 aromatic carbocycles. The third-order valence-corrected chi connectivity index (χ3v) is 2.99. The topological polar surface area (TPSA) is 75.6 Å². The molecule has 2 N–H and O–H groups in total. The first-order valence-electron chi connectivity index (χ1n) is 5.93. The highest BCUT2D eigenvalue weighted by atomic mass is 16.5. The number of ether oxygens (including phenoxy) is 1. The van der Waals surface area contributed by atoms with E-state index in [2.05, 4.69) is 5.32 Å². The molecule has 1 rings (SSSR count). The predicted octanol–water partition coefficient (Wildman–Crippen LogP) is 1.03. The summed E-state index contributed by atoms with van der Waals surface area (Å²) >= 11 is 0. The molecule has 17 heavy (non-hydrogen) atoms. The zero-order valence-electron chi connectivity index (χ0n) is 10.7. The van der Waals surface area contributed by atoms with E-state index in [0.29, 0.717) is 26.1 Å². The maximum Gasteiger partial charge on any atom is 0.326 e. The smallest absolute Gasteiger partial charge is 0.326 e. The Morgan fingerprint density at radius 3 is 2.24 bits per heavy atom. The number of hydrogen-bond acceptors (Lipinski definition) is 3. The van der Waals surface area contributed by atoms with Crippen LogP contribution in [0.5, 0.6) is 0 Å². The minimum atomic E-state index is -0.988. The second-order valence-corrected chi connectivity index (χ2v) is 5.53. The van der Waals surface area contributed by atoms with Crippen LogP contribution in [0.25, 0.3) is 0 Å². The van der Waals surface area contributed by atoms with E-state index in [9.17, 15) is 9.59 Å². The minimum Gasteiger partial charge on any atom is -0.480 e. The molecule has 5 nitrogen and oxygen atoms in total. The lowest BCUT2D eigenvalue weighted by molar-refractivity contribution is -0.146. The number of carbonyl (C=O) groups excluding carboxylic acids is 1. The van der Waals surface area contributed by atoms with E-state index in [4.69, 9.17) is 9.84 Å². The monoisotopic (exact) mass is 243 g/mol. The molecule has 98 valence electrons. The van der Waals surface area contributed by atoms with Crippen molar-refractivity contribution in [3.63, 3.8) is 0 Å². The molecule has 0 spiro atoms. The number of carboxylic acids is 1. The van der Waals surface area contributed by atoms with Gasteiger partial charge < -0.3 is 15.2 Å². The highest BCUT2D eigenvalue weighted by Gasteiger charge is 2.34. The van der Waals surface area contributed by atoms with Crippen LogP contribution in [-0.2, 0) is 14.3 Å². The van der Waals surface area contributed by atoms with Crippen molar-refractivity contribution in [1.29, 1.82) is 0 Å². The highest BCUT2D eigenvalue weighted by Crippen LogP contribution is 2.21. The molecular formula is C12H21NO4. The molecule has 1 saturated heterocycles. The summed E-state index contributed by atoms with van der Waals surface area (Å²) in [4.78, 5) is 23.1. The first kappa shape index (κ1) is 14.0. The lowest BCUT2D eigenvalue weighted by Crippen LogP contribution is -2.51. The van der Waals surface area contributed by atoms with Crippen LogP contribution in [0.15, 0.2) is 0 Å². The third-order valence-electron chi connectivity index (χ3n) is 2.99. The number of carboxylic acid groups (broad SMARTS) is 1. The van der Waals surface area contributed by atoms with Crippen LogP contribution < -0.4 is 5.32 Å². The zero-order chi connectivity index (χ0) is 13.1. The maximum absolute atomic E-state index is 11.9. The number of amides is 1. The van der Waals surface area contributed by atoms with Gasteiger partial charge in [0, 0.05) is 19.1 Å². The lowest BCUT2D eigenvalue weighted by Gasteiger charge is -2.30. The summed E-state index contributed by atoms with van der Waals surface area (Å²) in [6, 6.07) is -0.849. The first-order chi connectivity index (χ1) is 7.82. The van der Waals surface area contributed by atoms with Crippen molar-refractivity contribution in [2.45, 2.75) is 39.7 Å². The van der Waals surface area contributed by atoms with Gasteiger partial charge >= 0.3 is 5.97 Å². The Morgan fingerprint density at radius 1 is 1.29 bits per heavy atom. The Hall–Kier alpha value is -1.10. The van der Waals surface area contributed by atoms with Gasteiger partial charge in [-0.1, -0.05) is 20.8 Å². The maximum atomic E-state index is 11.9. The van der Waals surface area contributed by atoms with Gasteiger partial charge in [-0.05, 0) is 18.3 Å². The van der Waals surface area contributed by atoms with E-state index < -0.39 is 17.4 Å². The van der Waals surface area contributed by atoms with Gasteiger partial charge in [-0.15, -0.1) is 0 Å². The summed E-state index contributed by atoms with van der Waals surface area (Å²) in [6.07, 6.45) is 1.34. The molecular weight excluding hydrogens is 222 g/mol. The zero-order valence-corrected chi connectivity index (χ0v) is 10.7. The number of nitrogens with one attached hydrogen (secondary N) is 1. The van der Waals surface area contributed by atoms with Gasteiger partial charge in [0.15, 0.2) is 0 Å². The van der Waals surface area contributed by atoms with Crippen LogP contribution in [0.2, 0.25) is 0 Å². The van der Waals surface area contributed by atoms with Crippen LogP contribution in [-0.4, -0.2) is 36.2 Å². The number of carbonyl (C=O) groups is 2. The van der Waals surface area contributed by atoms with Crippen molar-refractivity contribution >= 4 is 11.9 Å². The molecule has 1 aliphatic rings. The summed E-state index contributed by atoms with van der Waals surface area (Å²) in [6.45, 7) is 6.55. The molecule has 1 amide bonds. The molecule has 0 radical (unpaired) electrons. The first-order valence-corrected chi connectivity index (χ1v) is 5.93. The quantitative estimate of drug-likeness (QED) is 0.776. The highest BCUT2D eigenvalue weighted by molar-refractivity contribution is 5.85. The van der Waals surface area contributed by atoms with Crippen molar-refractivity contribution in [1.82, 2.24) is 5.32 Å². The van der Waals surface area contributed by atoms with Gasteiger partial charge in [-0.25, -0.2) is 4.79 Å². The SMILES string of the molecule is CC(C)(C)C(NC(=O)C1CCOCC1)C(=O)O. The largest absolute Gasteiger partial charge is 0.480 e.